The highest BCUT2D eigenvalue weighted by Crippen LogP contribution is 2.28. The van der Waals surface area contributed by atoms with Crippen LogP contribution in [0.5, 0.6) is 5.75 Å². The summed E-state index contributed by atoms with van der Waals surface area (Å²) >= 11 is 6.16. The van der Waals surface area contributed by atoms with Gasteiger partial charge in [0.2, 0.25) is 0 Å². The summed E-state index contributed by atoms with van der Waals surface area (Å²) in [5, 5.41) is 3.97. The molecular weight excluding hydrogens is 289 g/mol. The van der Waals surface area contributed by atoms with Crippen molar-refractivity contribution in [1.82, 2.24) is 0 Å². The van der Waals surface area contributed by atoms with Crippen molar-refractivity contribution < 1.29 is 9.13 Å². The third-order valence-corrected chi connectivity index (χ3v) is 3.40. The molecule has 0 bridgehead atoms. The third-order valence-electron chi connectivity index (χ3n) is 3.10. The minimum Gasteiger partial charge on any atom is -0.492 e. The van der Waals surface area contributed by atoms with Gasteiger partial charge in [0.25, 0.3) is 0 Å². The summed E-state index contributed by atoms with van der Waals surface area (Å²) in [6.45, 7) is 4.59. The quantitative estimate of drug-likeness (QED) is 0.817. The Morgan fingerprint density at radius 1 is 1.19 bits per heavy atom. The van der Waals surface area contributed by atoms with Gasteiger partial charge in [-0.25, -0.2) is 4.39 Å². The summed E-state index contributed by atoms with van der Waals surface area (Å²) in [6, 6.07) is 12.4. The van der Waals surface area contributed by atoms with Crippen LogP contribution in [0.4, 0.5) is 10.1 Å². The lowest BCUT2D eigenvalue weighted by Gasteiger charge is -2.16. The molecule has 1 N–H and O–H groups in total. The molecule has 0 radical (unpaired) electrons. The maximum absolute atomic E-state index is 12.9. The number of ether oxygens (including phenoxy) is 1. The Kier molecular flexibility index (Phi) is 5.45. The van der Waals surface area contributed by atoms with E-state index in [1.165, 1.54) is 12.1 Å². The monoisotopic (exact) mass is 307 g/mol. The van der Waals surface area contributed by atoms with Gasteiger partial charge in [-0.3, -0.25) is 0 Å². The van der Waals surface area contributed by atoms with Gasteiger partial charge in [0.15, 0.2) is 0 Å². The standard InChI is InChI=1S/C17H19ClFNO/c1-3-21-17-9-8-15(11-16(17)18)20-12(2)10-13-4-6-14(19)7-5-13/h4-9,11-12,20H,3,10H2,1-2H3. The summed E-state index contributed by atoms with van der Waals surface area (Å²) in [6.07, 6.45) is 0.811. The van der Waals surface area contributed by atoms with Crippen molar-refractivity contribution in [2.45, 2.75) is 26.3 Å². The van der Waals surface area contributed by atoms with Crippen molar-refractivity contribution in [1.29, 1.82) is 0 Å². The molecule has 2 rings (SSSR count). The summed E-state index contributed by atoms with van der Waals surface area (Å²) < 4.78 is 18.3. The Bertz CT molecular complexity index is 586. The summed E-state index contributed by atoms with van der Waals surface area (Å²) in [4.78, 5) is 0. The molecule has 112 valence electrons. The molecule has 1 unspecified atom stereocenters. The van der Waals surface area contributed by atoms with E-state index in [2.05, 4.69) is 12.2 Å². The van der Waals surface area contributed by atoms with Crippen LogP contribution in [0, 0.1) is 5.82 Å². The van der Waals surface area contributed by atoms with Crippen LogP contribution in [-0.4, -0.2) is 12.6 Å². The summed E-state index contributed by atoms with van der Waals surface area (Å²) in [5.41, 5.74) is 2.03. The number of rotatable bonds is 6. The van der Waals surface area contributed by atoms with Crippen LogP contribution in [0.25, 0.3) is 0 Å². The Hall–Kier alpha value is -1.74. The predicted octanol–water partition coefficient (Wildman–Crippen LogP) is 4.92. The Morgan fingerprint density at radius 2 is 1.90 bits per heavy atom. The lowest BCUT2D eigenvalue weighted by Crippen LogP contribution is -2.18. The van der Waals surface area contributed by atoms with Crippen LogP contribution in [-0.2, 0) is 6.42 Å². The van der Waals surface area contributed by atoms with E-state index in [-0.39, 0.29) is 11.9 Å². The summed E-state index contributed by atoms with van der Waals surface area (Å²) in [7, 11) is 0. The molecule has 0 fully saturated rings. The average molecular weight is 308 g/mol. The normalized spacial score (nSPS) is 12.0. The molecule has 0 amide bonds. The lowest BCUT2D eigenvalue weighted by molar-refractivity contribution is 0.340. The van der Waals surface area contributed by atoms with E-state index in [0.717, 1.165) is 17.7 Å². The second-order valence-electron chi connectivity index (χ2n) is 4.95. The largest absolute Gasteiger partial charge is 0.492 e. The van der Waals surface area contributed by atoms with Crippen molar-refractivity contribution in [3.63, 3.8) is 0 Å². The fourth-order valence-corrected chi connectivity index (χ4v) is 2.41. The molecule has 0 aromatic heterocycles. The molecular formula is C17H19ClFNO. The van der Waals surface area contributed by atoms with Crippen molar-refractivity contribution in [3.05, 3.63) is 58.9 Å². The molecule has 0 heterocycles. The minimum atomic E-state index is -0.211. The molecule has 4 heteroatoms. The lowest BCUT2D eigenvalue weighted by atomic mass is 10.1. The molecule has 0 saturated heterocycles. The van der Waals surface area contributed by atoms with E-state index in [4.69, 9.17) is 16.3 Å². The Labute approximate surface area is 129 Å². The predicted molar refractivity (Wildman–Crippen MR) is 85.8 cm³/mol. The van der Waals surface area contributed by atoms with Crippen LogP contribution < -0.4 is 10.1 Å². The maximum Gasteiger partial charge on any atom is 0.138 e. The Morgan fingerprint density at radius 3 is 2.52 bits per heavy atom. The van der Waals surface area contributed by atoms with Crippen LogP contribution >= 0.6 is 11.6 Å². The number of nitrogens with one attached hydrogen (secondary N) is 1. The number of hydrogen-bond acceptors (Lipinski definition) is 2. The van der Waals surface area contributed by atoms with Gasteiger partial charge in [0, 0.05) is 11.7 Å². The first kappa shape index (κ1) is 15.6. The zero-order chi connectivity index (χ0) is 15.2. The van der Waals surface area contributed by atoms with Crippen molar-refractivity contribution >= 4 is 17.3 Å². The first-order valence-electron chi connectivity index (χ1n) is 7.02. The minimum absolute atomic E-state index is 0.211. The molecule has 21 heavy (non-hydrogen) atoms. The van der Waals surface area contributed by atoms with Crippen LogP contribution in [0.3, 0.4) is 0 Å². The van der Waals surface area contributed by atoms with Gasteiger partial charge in [-0.2, -0.15) is 0 Å². The number of hydrogen-bond donors (Lipinski definition) is 1. The summed E-state index contributed by atoms with van der Waals surface area (Å²) in [5.74, 6) is 0.480. The van der Waals surface area contributed by atoms with Crippen LogP contribution in [0.1, 0.15) is 19.4 Å². The van der Waals surface area contributed by atoms with Gasteiger partial charge in [0.1, 0.15) is 11.6 Å². The van der Waals surface area contributed by atoms with Gasteiger partial charge in [-0.15, -0.1) is 0 Å². The van der Waals surface area contributed by atoms with E-state index in [9.17, 15) is 4.39 Å². The first-order chi connectivity index (χ1) is 10.1. The number of halogens is 2. The highest BCUT2D eigenvalue weighted by molar-refractivity contribution is 6.32. The molecule has 0 aliphatic carbocycles. The second-order valence-corrected chi connectivity index (χ2v) is 5.36. The van der Waals surface area contributed by atoms with Gasteiger partial charge < -0.3 is 10.1 Å². The van der Waals surface area contributed by atoms with Gasteiger partial charge in [-0.05, 0) is 56.2 Å². The topological polar surface area (TPSA) is 21.3 Å². The van der Waals surface area contributed by atoms with Gasteiger partial charge >= 0.3 is 0 Å². The first-order valence-corrected chi connectivity index (χ1v) is 7.39. The van der Waals surface area contributed by atoms with Gasteiger partial charge in [0.05, 0.1) is 11.6 Å². The Balaban J connectivity index is 1.97. The molecule has 1 atom stereocenters. The molecule has 2 aromatic carbocycles. The van der Waals surface area contributed by atoms with Crippen LogP contribution in [0.2, 0.25) is 5.02 Å². The number of benzene rings is 2. The fourth-order valence-electron chi connectivity index (χ4n) is 2.17. The smallest absolute Gasteiger partial charge is 0.138 e. The highest BCUT2D eigenvalue weighted by Gasteiger charge is 2.07. The van der Waals surface area contributed by atoms with E-state index in [0.29, 0.717) is 17.4 Å². The third kappa shape index (κ3) is 4.64. The SMILES string of the molecule is CCOc1ccc(NC(C)Cc2ccc(F)cc2)cc1Cl. The van der Waals surface area contributed by atoms with Crippen molar-refractivity contribution in [2.24, 2.45) is 0 Å². The van der Waals surface area contributed by atoms with Crippen molar-refractivity contribution in [2.75, 3.05) is 11.9 Å². The van der Waals surface area contributed by atoms with Crippen LogP contribution in [0.15, 0.2) is 42.5 Å². The number of anilines is 1. The second kappa shape index (κ2) is 7.32. The maximum atomic E-state index is 12.9. The highest BCUT2D eigenvalue weighted by atomic mass is 35.5. The van der Waals surface area contributed by atoms with E-state index < -0.39 is 0 Å². The molecule has 2 aromatic rings. The molecule has 0 spiro atoms. The fraction of sp³-hybridized carbons (Fsp3) is 0.294. The zero-order valence-corrected chi connectivity index (χ0v) is 13.0. The van der Waals surface area contributed by atoms with E-state index in [1.54, 1.807) is 12.1 Å². The average Bonchev–Trinajstić information content (AvgIpc) is 2.44. The van der Waals surface area contributed by atoms with Crippen molar-refractivity contribution in [3.8, 4) is 5.75 Å². The molecule has 2 nitrogen and oxygen atoms in total. The van der Waals surface area contributed by atoms with Gasteiger partial charge in [-0.1, -0.05) is 23.7 Å². The molecule has 0 saturated carbocycles. The van der Waals surface area contributed by atoms with E-state index >= 15 is 0 Å². The molecule has 0 aliphatic heterocycles. The van der Waals surface area contributed by atoms with E-state index in [1.807, 2.05) is 25.1 Å². The molecule has 0 aliphatic rings. The zero-order valence-electron chi connectivity index (χ0n) is 12.2.